The first-order valence-electron chi connectivity index (χ1n) is 7.95. The molecule has 1 N–H and O–H groups in total. The zero-order chi connectivity index (χ0) is 18.1. The SMILES string of the molecule is O=C(c1cccs1)c1ccc(CNS(=O)(=O)c2ccc3c(c2)CCO3)s1. The van der Waals surface area contributed by atoms with Gasteiger partial charge in [-0.15, -0.1) is 22.7 Å². The number of nitrogens with one attached hydrogen (secondary N) is 1. The van der Waals surface area contributed by atoms with Crippen LogP contribution < -0.4 is 9.46 Å². The summed E-state index contributed by atoms with van der Waals surface area (Å²) in [5, 5.41) is 1.86. The Bertz CT molecular complexity index is 1050. The highest BCUT2D eigenvalue weighted by Crippen LogP contribution is 2.28. The summed E-state index contributed by atoms with van der Waals surface area (Å²) in [7, 11) is -3.62. The number of benzene rings is 1. The number of ether oxygens (including phenoxy) is 1. The van der Waals surface area contributed by atoms with Crippen molar-refractivity contribution in [2.45, 2.75) is 17.9 Å². The van der Waals surface area contributed by atoms with Crippen molar-refractivity contribution in [2.24, 2.45) is 0 Å². The van der Waals surface area contributed by atoms with E-state index in [1.54, 1.807) is 36.4 Å². The number of carbonyl (C=O) groups is 1. The van der Waals surface area contributed by atoms with E-state index in [1.807, 2.05) is 11.4 Å². The molecule has 134 valence electrons. The Labute approximate surface area is 159 Å². The minimum atomic E-state index is -3.62. The second-order valence-corrected chi connectivity index (χ2v) is 9.65. The molecule has 0 radical (unpaired) electrons. The standard InChI is InChI=1S/C18H15NO4S3/c20-18(16-2-1-9-24-16)17-6-3-13(25-17)11-19-26(21,22)14-4-5-15-12(10-14)7-8-23-15/h1-6,9-10,19H,7-8,11H2. The van der Waals surface area contributed by atoms with Gasteiger partial charge in [0.05, 0.1) is 21.3 Å². The van der Waals surface area contributed by atoms with E-state index in [0.717, 1.165) is 22.6 Å². The molecule has 1 aromatic carbocycles. The average Bonchev–Trinajstić information content (AvgIpc) is 3.40. The highest BCUT2D eigenvalue weighted by Gasteiger charge is 2.20. The van der Waals surface area contributed by atoms with Crippen molar-refractivity contribution in [3.8, 4) is 5.75 Å². The van der Waals surface area contributed by atoms with Crippen LogP contribution in [0.25, 0.3) is 0 Å². The Hall–Kier alpha value is -2.00. The third-order valence-corrected chi connectivity index (χ3v) is 7.39. The number of sulfonamides is 1. The fraction of sp³-hybridized carbons (Fsp3) is 0.167. The quantitative estimate of drug-likeness (QED) is 0.638. The van der Waals surface area contributed by atoms with Crippen molar-refractivity contribution in [1.29, 1.82) is 0 Å². The van der Waals surface area contributed by atoms with Crippen molar-refractivity contribution in [1.82, 2.24) is 4.72 Å². The Balaban J connectivity index is 1.46. The normalized spacial score (nSPS) is 13.4. The number of rotatable bonds is 6. The molecule has 3 aromatic rings. The first-order valence-corrected chi connectivity index (χ1v) is 11.1. The zero-order valence-electron chi connectivity index (χ0n) is 13.6. The smallest absolute Gasteiger partial charge is 0.240 e. The molecule has 0 saturated heterocycles. The molecule has 0 unspecified atom stereocenters. The maximum absolute atomic E-state index is 12.5. The minimum absolute atomic E-state index is 0.0299. The Morgan fingerprint density at radius 3 is 2.85 bits per heavy atom. The summed E-state index contributed by atoms with van der Waals surface area (Å²) in [6.45, 7) is 0.737. The molecule has 0 fully saturated rings. The van der Waals surface area contributed by atoms with Gasteiger partial charge in [-0.2, -0.15) is 0 Å². The molecule has 2 aromatic heterocycles. The van der Waals surface area contributed by atoms with Crippen LogP contribution in [0.2, 0.25) is 0 Å². The van der Waals surface area contributed by atoms with Gasteiger partial charge < -0.3 is 4.74 Å². The molecule has 26 heavy (non-hydrogen) atoms. The van der Waals surface area contributed by atoms with Crippen molar-refractivity contribution in [3.63, 3.8) is 0 Å². The average molecular weight is 406 g/mol. The number of carbonyl (C=O) groups excluding carboxylic acids is 1. The maximum Gasteiger partial charge on any atom is 0.240 e. The summed E-state index contributed by atoms with van der Waals surface area (Å²) in [5.41, 5.74) is 0.910. The monoisotopic (exact) mass is 405 g/mol. The van der Waals surface area contributed by atoms with Gasteiger partial charge in [0.1, 0.15) is 5.75 Å². The van der Waals surface area contributed by atoms with Crippen LogP contribution in [-0.2, 0) is 23.0 Å². The summed E-state index contributed by atoms with van der Waals surface area (Å²) in [5.74, 6) is 0.719. The third-order valence-electron chi connectivity index (χ3n) is 4.04. The van der Waals surface area contributed by atoms with Gasteiger partial charge in [0.2, 0.25) is 15.8 Å². The van der Waals surface area contributed by atoms with Gasteiger partial charge >= 0.3 is 0 Å². The van der Waals surface area contributed by atoms with Crippen molar-refractivity contribution in [3.05, 3.63) is 68.0 Å². The molecule has 0 saturated carbocycles. The summed E-state index contributed by atoms with van der Waals surface area (Å²) in [4.78, 5) is 14.6. The molecule has 5 nitrogen and oxygen atoms in total. The lowest BCUT2D eigenvalue weighted by Gasteiger charge is -2.07. The summed E-state index contributed by atoms with van der Waals surface area (Å²) in [6, 6.07) is 12.0. The van der Waals surface area contributed by atoms with Crippen LogP contribution in [0.15, 0.2) is 52.7 Å². The number of hydrogen-bond donors (Lipinski definition) is 1. The Morgan fingerprint density at radius 2 is 2.04 bits per heavy atom. The van der Waals surface area contributed by atoms with Gasteiger partial charge in [-0.3, -0.25) is 4.79 Å². The first kappa shape index (κ1) is 17.4. The van der Waals surface area contributed by atoms with Crippen molar-refractivity contribution >= 4 is 38.5 Å². The van der Waals surface area contributed by atoms with Gasteiger partial charge in [0, 0.05) is 17.8 Å². The topological polar surface area (TPSA) is 72.5 Å². The molecule has 4 rings (SSSR count). The molecule has 1 aliphatic heterocycles. The number of ketones is 1. The molecule has 0 spiro atoms. The minimum Gasteiger partial charge on any atom is -0.493 e. The molecular formula is C18H15NO4S3. The molecule has 3 heterocycles. The van der Waals surface area contributed by atoms with Crippen LogP contribution >= 0.6 is 22.7 Å². The van der Waals surface area contributed by atoms with E-state index in [2.05, 4.69) is 4.72 Å². The molecule has 0 aliphatic carbocycles. The lowest BCUT2D eigenvalue weighted by molar-refractivity contribution is 0.104. The number of fused-ring (bicyclic) bond motifs is 1. The molecule has 0 amide bonds. The lowest BCUT2D eigenvalue weighted by Crippen LogP contribution is -2.22. The van der Waals surface area contributed by atoms with Crippen LogP contribution in [0.4, 0.5) is 0 Å². The number of thiophene rings is 2. The van der Waals surface area contributed by atoms with Crippen LogP contribution in [0.3, 0.4) is 0 Å². The van der Waals surface area contributed by atoms with Crippen LogP contribution in [-0.4, -0.2) is 20.8 Å². The fourth-order valence-corrected chi connectivity index (χ4v) is 5.50. The summed E-state index contributed by atoms with van der Waals surface area (Å²) >= 11 is 2.70. The fourth-order valence-electron chi connectivity index (χ4n) is 2.70. The molecule has 1 aliphatic rings. The summed E-state index contributed by atoms with van der Waals surface area (Å²) < 4.78 is 33.0. The Kier molecular flexibility index (Phi) is 4.66. The molecular weight excluding hydrogens is 390 g/mol. The second-order valence-electron chi connectivity index (χ2n) is 5.76. The van der Waals surface area contributed by atoms with Crippen molar-refractivity contribution in [2.75, 3.05) is 6.61 Å². The van der Waals surface area contributed by atoms with E-state index in [-0.39, 0.29) is 17.2 Å². The highest BCUT2D eigenvalue weighted by molar-refractivity contribution is 7.89. The lowest BCUT2D eigenvalue weighted by atomic mass is 10.2. The number of hydrogen-bond acceptors (Lipinski definition) is 6. The van der Waals surface area contributed by atoms with Crippen LogP contribution in [0.1, 0.15) is 25.0 Å². The first-order chi connectivity index (χ1) is 12.5. The van der Waals surface area contributed by atoms with E-state index >= 15 is 0 Å². The van der Waals surface area contributed by atoms with Crippen LogP contribution in [0, 0.1) is 0 Å². The van der Waals surface area contributed by atoms with E-state index in [0.29, 0.717) is 16.4 Å². The molecule has 8 heteroatoms. The predicted molar refractivity (Wildman–Crippen MR) is 102 cm³/mol. The van der Waals surface area contributed by atoms with Gasteiger partial charge in [0.15, 0.2) is 0 Å². The van der Waals surface area contributed by atoms with Gasteiger partial charge in [-0.05, 0) is 47.3 Å². The van der Waals surface area contributed by atoms with E-state index in [4.69, 9.17) is 4.74 Å². The second kappa shape index (κ2) is 6.96. The molecule has 0 atom stereocenters. The summed E-state index contributed by atoms with van der Waals surface area (Å²) in [6.07, 6.45) is 0.720. The molecule has 0 bridgehead atoms. The highest BCUT2D eigenvalue weighted by atomic mass is 32.2. The maximum atomic E-state index is 12.5. The third kappa shape index (κ3) is 3.45. The predicted octanol–water partition coefficient (Wildman–Crippen LogP) is 3.45. The Morgan fingerprint density at radius 1 is 1.15 bits per heavy atom. The van der Waals surface area contributed by atoms with Gasteiger partial charge in [-0.25, -0.2) is 13.1 Å². The van der Waals surface area contributed by atoms with Crippen molar-refractivity contribution < 1.29 is 17.9 Å². The van der Waals surface area contributed by atoms with E-state index in [1.165, 1.54) is 22.7 Å². The van der Waals surface area contributed by atoms with Crippen LogP contribution in [0.5, 0.6) is 5.75 Å². The largest absolute Gasteiger partial charge is 0.493 e. The van der Waals surface area contributed by atoms with E-state index in [9.17, 15) is 13.2 Å². The van der Waals surface area contributed by atoms with Gasteiger partial charge in [-0.1, -0.05) is 6.07 Å². The van der Waals surface area contributed by atoms with E-state index < -0.39 is 10.0 Å². The zero-order valence-corrected chi connectivity index (χ0v) is 16.0. The van der Waals surface area contributed by atoms with Gasteiger partial charge in [0.25, 0.3) is 0 Å².